The van der Waals surface area contributed by atoms with E-state index in [0.717, 1.165) is 29.7 Å². The van der Waals surface area contributed by atoms with Gasteiger partial charge in [0.15, 0.2) is 0 Å². The molecule has 18 heavy (non-hydrogen) atoms. The van der Waals surface area contributed by atoms with Crippen molar-refractivity contribution >= 4 is 23.0 Å². The van der Waals surface area contributed by atoms with Gasteiger partial charge in [-0.3, -0.25) is 4.98 Å². The summed E-state index contributed by atoms with van der Waals surface area (Å²) in [5, 5.41) is 0. The van der Waals surface area contributed by atoms with E-state index in [0.29, 0.717) is 5.75 Å². The maximum absolute atomic E-state index is 10.4. The second kappa shape index (κ2) is 11.0. The number of aromatic nitrogens is 1. The van der Waals surface area contributed by atoms with Crippen LogP contribution in [0.3, 0.4) is 0 Å². The maximum atomic E-state index is 10.4. The van der Waals surface area contributed by atoms with Gasteiger partial charge in [0.1, 0.15) is 6.29 Å². The molecule has 0 atom stereocenters. The van der Waals surface area contributed by atoms with Gasteiger partial charge in [0, 0.05) is 11.1 Å². The molecule has 0 aliphatic rings. The summed E-state index contributed by atoms with van der Waals surface area (Å²) in [6.07, 6.45) is 6.90. The van der Waals surface area contributed by atoms with Crippen molar-refractivity contribution in [2.45, 2.75) is 40.5 Å². The molecule has 1 aromatic heterocycles. The van der Waals surface area contributed by atoms with Crippen molar-refractivity contribution < 1.29 is 4.79 Å². The highest BCUT2D eigenvalue weighted by molar-refractivity contribution is 8.08. The second-order valence-electron chi connectivity index (χ2n) is 3.36. The number of hydrogen-bond donors (Lipinski definition) is 0. The largest absolute Gasteiger partial charge is 0.302 e. The Labute approximate surface area is 115 Å². The van der Waals surface area contributed by atoms with Crippen LogP contribution in [0.15, 0.2) is 24.4 Å². The zero-order valence-corrected chi connectivity index (χ0v) is 12.6. The molecule has 0 aromatic carbocycles. The summed E-state index contributed by atoms with van der Waals surface area (Å²) >= 11 is 1.54. The van der Waals surface area contributed by atoms with Crippen LogP contribution in [0.25, 0.3) is 4.91 Å². The molecular formula is C15H23NOS. The molecule has 3 heteroatoms. The molecule has 1 aromatic rings. The molecule has 0 N–H and O–H groups in total. The first-order chi connectivity index (χ1) is 8.81. The number of pyridine rings is 1. The van der Waals surface area contributed by atoms with Crippen molar-refractivity contribution in [3.63, 3.8) is 0 Å². The Morgan fingerprint density at radius 1 is 1.33 bits per heavy atom. The van der Waals surface area contributed by atoms with Gasteiger partial charge in [-0.15, -0.1) is 11.8 Å². The van der Waals surface area contributed by atoms with Gasteiger partial charge < -0.3 is 4.79 Å². The number of carbonyl (C=O) groups is 1. The summed E-state index contributed by atoms with van der Waals surface area (Å²) in [6, 6.07) is 4.12. The molecule has 0 unspecified atom stereocenters. The molecule has 0 aliphatic carbocycles. The fourth-order valence-corrected chi connectivity index (χ4v) is 2.13. The number of nitrogens with zero attached hydrogens (tertiary/aromatic N) is 1. The van der Waals surface area contributed by atoms with Crippen LogP contribution >= 0.6 is 11.8 Å². The predicted octanol–water partition coefficient (Wildman–Crippen LogP) is 4.35. The number of hydrogen-bond acceptors (Lipinski definition) is 3. The van der Waals surface area contributed by atoms with E-state index in [9.17, 15) is 4.79 Å². The average molecular weight is 265 g/mol. The summed E-state index contributed by atoms with van der Waals surface area (Å²) < 4.78 is 0. The summed E-state index contributed by atoms with van der Waals surface area (Å²) in [4.78, 5) is 15.9. The van der Waals surface area contributed by atoms with Crippen LogP contribution in [0.4, 0.5) is 0 Å². The highest BCUT2D eigenvalue weighted by Crippen LogP contribution is 2.25. The molecule has 0 saturated carbocycles. The van der Waals surface area contributed by atoms with Crippen LogP contribution in [0.2, 0.25) is 0 Å². The Morgan fingerprint density at radius 3 is 2.50 bits per heavy atom. The van der Waals surface area contributed by atoms with Crippen molar-refractivity contribution in [1.29, 1.82) is 0 Å². The van der Waals surface area contributed by atoms with Gasteiger partial charge in [-0.25, -0.2) is 0 Å². The van der Waals surface area contributed by atoms with Gasteiger partial charge in [0.05, 0.1) is 11.4 Å². The lowest BCUT2D eigenvalue weighted by molar-refractivity contribution is -0.105. The fraction of sp³-hybridized carbons (Fsp3) is 0.467. The predicted molar refractivity (Wildman–Crippen MR) is 81.8 cm³/mol. The molecule has 1 rings (SSSR count). The first-order valence-electron chi connectivity index (χ1n) is 6.53. The Balaban J connectivity index is 0.00000137. The van der Waals surface area contributed by atoms with E-state index in [2.05, 4.69) is 31.0 Å². The van der Waals surface area contributed by atoms with E-state index >= 15 is 0 Å². The topological polar surface area (TPSA) is 30.0 Å². The average Bonchev–Trinajstić information content (AvgIpc) is 2.46. The Bertz CT molecular complexity index is 357. The maximum Gasteiger partial charge on any atom is 0.130 e. The van der Waals surface area contributed by atoms with E-state index < -0.39 is 0 Å². The molecule has 0 bridgehead atoms. The molecule has 0 fully saturated rings. The van der Waals surface area contributed by atoms with Crippen molar-refractivity contribution in [1.82, 2.24) is 4.98 Å². The molecular weight excluding hydrogens is 242 g/mol. The Morgan fingerprint density at radius 2 is 2.06 bits per heavy atom. The van der Waals surface area contributed by atoms with Crippen molar-refractivity contribution in [2.75, 3.05) is 5.75 Å². The SMILES string of the molecule is CC.CC/C=C(\SCC=O)c1ccc(CC)cn1. The molecule has 0 saturated heterocycles. The first-order valence-corrected chi connectivity index (χ1v) is 7.52. The number of allylic oxidation sites excluding steroid dienone is 1. The van der Waals surface area contributed by atoms with E-state index in [-0.39, 0.29) is 0 Å². The van der Waals surface area contributed by atoms with Gasteiger partial charge in [-0.1, -0.05) is 39.8 Å². The van der Waals surface area contributed by atoms with E-state index in [1.54, 1.807) is 11.8 Å². The van der Waals surface area contributed by atoms with Crippen LogP contribution in [-0.4, -0.2) is 17.0 Å². The fourth-order valence-electron chi connectivity index (χ4n) is 1.33. The summed E-state index contributed by atoms with van der Waals surface area (Å²) in [5.41, 5.74) is 2.20. The van der Waals surface area contributed by atoms with Crippen molar-refractivity contribution in [3.05, 3.63) is 35.7 Å². The van der Waals surface area contributed by atoms with Crippen LogP contribution in [0.1, 0.15) is 45.4 Å². The van der Waals surface area contributed by atoms with E-state index in [1.165, 1.54) is 5.56 Å². The van der Waals surface area contributed by atoms with Gasteiger partial charge in [0.25, 0.3) is 0 Å². The number of aldehydes is 1. The Kier molecular flexibility index (Phi) is 10.4. The number of rotatable bonds is 6. The van der Waals surface area contributed by atoms with Gasteiger partial charge >= 0.3 is 0 Å². The van der Waals surface area contributed by atoms with Gasteiger partial charge in [-0.2, -0.15) is 0 Å². The molecule has 0 aliphatic heterocycles. The van der Waals surface area contributed by atoms with Crippen LogP contribution in [0.5, 0.6) is 0 Å². The summed E-state index contributed by atoms with van der Waals surface area (Å²) in [7, 11) is 0. The third-order valence-electron chi connectivity index (χ3n) is 2.18. The van der Waals surface area contributed by atoms with Gasteiger partial charge in [0.2, 0.25) is 0 Å². The third-order valence-corrected chi connectivity index (χ3v) is 3.17. The summed E-state index contributed by atoms with van der Waals surface area (Å²) in [6.45, 7) is 8.20. The molecule has 0 amide bonds. The van der Waals surface area contributed by atoms with Gasteiger partial charge in [-0.05, 0) is 24.5 Å². The number of thioether (sulfide) groups is 1. The van der Waals surface area contributed by atoms with E-state index in [1.807, 2.05) is 26.1 Å². The van der Waals surface area contributed by atoms with Crippen LogP contribution < -0.4 is 0 Å². The monoisotopic (exact) mass is 265 g/mol. The standard InChI is InChI=1S/C13H17NOS.C2H6/c1-3-5-13(16-9-8-15)12-7-6-11(4-2)10-14-12;1-2/h5-8,10H,3-4,9H2,1-2H3;1-2H3/b13-5-;. The minimum absolute atomic E-state index is 0.489. The molecule has 1 heterocycles. The van der Waals surface area contributed by atoms with Crippen LogP contribution in [0, 0.1) is 0 Å². The van der Waals surface area contributed by atoms with Crippen molar-refractivity contribution in [2.24, 2.45) is 0 Å². The molecule has 0 spiro atoms. The zero-order valence-electron chi connectivity index (χ0n) is 11.8. The normalized spacial score (nSPS) is 10.6. The summed E-state index contributed by atoms with van der Waals surface area (Å²) in [5.74, 6) is 0.489. The lowest BCUT2D eigenvalue weighted by Crippen LogP contribution is -1.90. The first kappa shape index (κ1) is 16.9. The quantitative estimate of drug-likeness (QED) is 0.716. The highest BCUT2D eigenvalue weighted by Gasteiger charge is 2.03. The minimum Gasteiger partial charge on any atom is -0.302 e. The molecule has 0 radical (unpaired) electrons. The van der Waals surface area contributed by atoms with E-state index in [4.69, 9.17) is 0 Å². The smallest absolute Gasteiger partial charge is 0.130 e. The van der Waals surface area contributed by atoms with Crippen molar-refractivity contribution in [3.8, 4) is 0 Å². The van der Waals surface area contributed by atoms with Crippen LogP contribution in [-0.2, 0) is 11.2 Å². The zero-order chi connectivity index (χ0) is 13.8. The lowest BCUT2D eigenvalue weighted by Gasteiger charge is -2.05. The second-order valence-corrected chi connectivity index (χ2v) is 4.42. The highest BCUT2D eigenvalue weighted by atomic mass is 32.2. The lowest BCUT2D eigenvalue weighted by atomic mass is 10.2. The minimum atomic E-state index is 0.489. The molecule has 100 valence electrons. The molecule has 2 nitrogen and oxygen atoms in total. The number of aryl methyl sites for hydroxylation is 1. The Hall–Kier alpha value is -1.09. The third kappa shape index (κ3) is 6.01. The number of carbonyl (C=O) groups excluding carboxylic acids is 1.